The molecule has 2 aromatic rings. The van der Waals surface area contributed by atoms with E-state index >= 15 is 0 Å². The summed E-state index contributed by atoms with van der Waals surface area (Å²) in [5.74, 6) is -1.05. The van der Waals surface area contributed by atoms with Crippen LogP contribution in [0.4, 0.5) is 10.1 Å². The fourth-order valence-corrected chi connectivity index (χ4v) is 2.54. The number of nitrogens with one attached hydrogen (secondary N) is 2. The highest BCUT2D eigenvalue weighted by molar-refractivity contribution is 7.12. The lowest BCUT2D eigenvalue weighted by Crippen LogP contribution is -2.46. The Morgan fingerprint density at radius 3 is 2.36 bits per heavy atom. The summed E-state index contributed by atoms with van der Waals surface area (Å²) in [6.45, 7) is 3.70. The molecule has 0 aliphatic rings. The molecule has 1 aromatic heterocycles. The van der Waals surface area contributed by atoms with E-state index in [1.807, 2.05) is 13.8 Å². The van der Waals surface area contributed by atoms with Gasteiger partial charge in [-0.15, -0.1) is 11.3 Å². The zero-order valence-electron chi connectivity index (χ0n) is 12.3. The second kappa shape index (κ2) is 7.17. The van der Waals surface area contributed by atoms with Crippen LogP contribution in [0, 0.1) is 11.7 Å². The SMILES string of the molecule is CC(C)C(NC(=O)c1cccs1)C(=O)Nc1ccc(F)cc1. The summed E-state index contributed by atoms with van der Waals surface area (Å²) in [5.41, 5.74) is 0.488. The van der Waals surface area contributed by atoms with Gasteiger partial charge < -0.3 is 10.6 Å². The van der Waals surface area contributed by atoms with Gasteiger partial charge in [0.1, 0.15) is 11.9 Å². The average molecular weight is 320 g/mol. The molecule has 1 atom stereocenters. The van der Waals surface area contributed by atoms with Gasteiger partial charge in [0.25, 0.3) is 5.91 Å². The van der Waals surface area contributed by atoms with E-state index in [9.17, 15) is 14.0 Å². The Balaban J connectivity index is 2.05. The van der Waals surface area contributed by atoms with Gasteiger partial charge in [-0.2, -0.15) is 0 Å². The molecule has 0 radical (unpaired) electrons. The van der Waals surface area contributed by atoms with Crippen molar-refractivity contribution in [2.45, 2.75) is 19.9 Å². The summed E-state index contributed by atoms with van der Waals surface area (Å²) in [4.78, 5) is 25.0. The predicted molar refractivity (Wildman–Crippen MR) is 85.4 cm³/mol. The Bertz CT molecular complexity index is 639. The Labute approximate surface area is 132 Å². The van der Waals surface area contributed by atoms with Gasteiger partial charge in [-0.3, -0.25) is 9.59 Å². The minimum Gasteiger partial charge on any atom is -0.339 e. The fourth-order valence-electron chi connectivity index (χ4n) is 1.91. The van der Waals surface area contributed by atoms with Crippen LogP contribution in [0.1, 0.15) is 23.5 Å². The first-order valence-electron chi connectivity index (χ1n) is 6.88. The number of benzene rings is 1. The Morgan fingerprint density at radius 1 is 1.14 bits per heavy atom. The van der Waals surface area contributed by atoms with Crippen LogP contribution in [0.15, 0.2) is 41.8 Å². The first-order valence-corrected chi connectivity index (χ1v) is 7.76. The maximum absolute atomic E-state index is 12.9. The van der Waals surface area contributed by atoms with Crippen LogP contribution < -0.4 is 10.6 Å². The number of halogens is 1. The minimum atomic E-state index is -0.667. The molecule has 1 heterocycles. The summed E-state index contributed by atoms with van der Waals surface area (Å²) < 4.78 is 12.9. The smallest absolute Gasteiger partial charge is 0.262 e. The molecule has 0 bridgehead atoms. The maximum atomic E-state index is 12.9. The number of anilines is 1. The van der Waals surface area contributed by atoms with Gasteiger partial charge in [-0.1, -0.05) is 19.9 Å². The molecule has 0 saturated carbocycles. The van der Waals surface area contributed by atoms with E-state index in [4.69, 9.17) is 0 Å². The summed E-state index contributed by atoms with van der Waals surface area (Å²) in [6, 6.07) is 8.31. The normalized spacial score (nSPS) is 12.0. The van der Waals surface area contributed by atoms with Crippen molar-refractivity contribution in [1.29, 1.82) is 0 Å². The van der Waals surface area contributed by atoms with E-state index in [1.165, 1.54) is 35.6 Å². The lowest BCUT2D eigenvalue weighted by molar-refractivity contribution is -0.118. The van der Waals surface area contributed by atoms with Gasteiger partial charge in [-0.05, 0) is 41.6 Å². The van der Waals surface area contributed by atoms with Crippen LogP contribution in [0.5, 0.6) is 0 Å². The average Bonchev–Trinajstić information content (AvgIpc) is 3.00. The van der Waals surface area contributed by atoms with E-state index in [-0.39, 0.29) is 23.5 Å². The number of thiophene rings is 1. The molecule has 0 spiro atoms. The van der Waals surface area contributed by atoms with Gasteiger partial charge in [0, 0.05) is 5.69 Å². The van der Waals surface area contributed by atoms with Crippen LogP contribution in [-0.4, -0.2) is 17.9 Å². The fraction of sp³-hybridized carbons (Fsp3) is 0.250. The van der Waals surface area contributed by atoms with Crippen molar-refractivity contribution in [1.82, 2.24) is 5.32 Å². The zero-order valence-corrected chi connectivity index (χ0v) is 13.1. The Kier molecular flexibility index (Phi) is 5.27. The molecule has 0 fully saturated rings. The third kappa shape index (κ3) is 4.14. The summed E-state index contributed by atoms with van der Waals surface area (Å²) >= 11 is 1.32. The molecule has 0 saturated heterocycles. The van der Waals surface area contributed by atoms with Gasteiger partial charge in [0.2, 0.25) is 5.91 Å². The highest BCUT2D eigenvalue weighted by atomic mass is 32.1. The Morgan fingerprint density at radius 2 is 1.82 bits per heavy atom. The molecule has 22 heavy (non-hydrogen) atoms. The highest BCUT2D eigenvalue weighted by Gasteiger charge is 2.25. The molecule has 2 rings (SSSR count). The number of carbonyl (C=O) groups is 2. The summed E-state index contributed by atoms with van der Waals surface area (Å²) in [6.07, 6.45) is 0. The van der Waals surface area contributed by atoms with Crippen LogP contribution in [-0.2, 0) is 4.79 Å². The van der Waals surface area contributed by atoms with Crippen molar-refractivity contribution >= 4 is 28.8 Å². The molecule has 2 amide bonds. The number of carbonyl (C=O) groups excluding carboxylic acids is 2. The first kappa shape index (κ1) is 16.2. The molecule has 0 aliphatic heterocycles. The summed E-state index contributed by atoms with van der Waals surface area (Å²) in [7, 11) is 0. The molecular formula is C16H17FN2O2S. The monoisotopic (exact) mass is 320 g/mol. The third-order valence-electron chi connectivity index (χ3n) is 3.09. The first-order chi connectivity index (χ1) is 10.5. The molecule has 1 unspecified atom stereocenters. The Hall–Kier alpha value is -2.21. The quantitative estimate of drug-likeness (QED) is 0.888. The van der Waals surface area contributed by atoms with Crippen molar-refractivity contribution in [2.75, 3.05) is 5.32 Å². The molecule has 0 aliphatic carbocycles. The van der Waals surface area contributed by atoms with E-state index in [0.717, 1.165) is 0 Å². The molecule has 116 valence electrons. The molecule has 6 heteroatoms. The predicted octanol–water partition coefficient (Wildman–Crippen LogP) is 3.28. The van der Waals surface area contributed by atoms with E-state index < -0.39 is 6.04 Å². The zero-order chi connectivity index (χ0) is 16.1. The number of amides is 2. The van der Waals surface area contributed by atoms with E-state index in [0.29, 0.717) is 10.6 Å². The largest absolute Gasteiger partial charge is 0.339 e. The summed E-state index contributed by atoms with van der Waals surface area (Å²) in [5, 5.41) is 7.22. The van der Waals surface area contributed by atoms with Crippen molar-refractivity contribution < 1.29 is 14.0 Å². The van der Waals surface area contributed by atoms with Crippen LogP contribution in [0.2, 0.25) is 0 Å². The molecular weight excluding hydrogens is 303 g/mol. The van der Waals surface area contributed by atoms with E-state index in [1.54, 1.807) is 17.5 Å². The second-order valence-corrected chi connectivity index (χ2v) is 6.12. The van der Waals surface area contributed by atoms with Crippen molar-refractivity contribution in [3.8, 4) is 0 Å². The van der Waals surface area contributed by atoms with Crippen LogP contribution in [0.25, 0.3) is 0 Å². The van der Waals surface area contributed by atoms with Crippen molar-refractivity contribution in [3.05, 3.63) is 52.5 Å². The lowest BCUT2D eigenvalue weighted by Gasteiger charge is -2.21. The lowest BCUT2D eigenvalue weighted by atomic mass is 10.0. The molecule has 4 nitrogen and oxygen atoms in total. The van der Waals surface area contributed by atoms with Crippen LogP contribution in [0.3, 0.4) is 0 Å². The van der Waals surface area contributed by atoms with E-state index in [2.05, 4.69) is 10.6 Å². The standard InChI is InChI=1S/C16H17FN2O2S/c1-10(2)14(19-15(20)13-4-3-9-22-13)16(21)18-12-7-5-11(17)6-8-12/h3-10,14H,1-2H3,(H,18,21)(H,19,20). The number of hydrogen-bond acceptors (Lipinski definition) is 3. The van der Waals surface area contributed by atoms with Crippen LogP contribution >= 0.6 is 11.3 Å². The topological polar surface area (TPSA) is 58.2 Å². The molecule has 2 N–H and O–H groups in total. The van der Waals surface area contributed by atoms with Gasteiger partial charge in [0.15, 0.2) is 0 Å². The maximum Gasteiger partial charge on any atom is 0.262 e. The number of hydrogen-bond donors (Lipinski definition) is 2. The van der Waals surface area contributed by atoms with Gasteiger partial charge >= 0.3 is 0 Å². The number of rotatable bonds is 5. The van der Waals surface area contributed by atoms with Gasteiger partial charge in [0.05, 0.1) is 4.88 Å². The molecule has 1 aromatic carbocycles. The minimum absolute atomic E-state index is 0.0793. The van der Waals surface area contributed by atoms with Gasteiger partial charge in [-0.25, -0.2) is 4.39 Å². The van der Waals surface area contributed by atoms with Crippen molar-refractivity contribution in [3.63, 3.8) is 0 Å². The van der Waals surface area contributed by atoms with Crippen molar-refractivity contribution in [2.24, 2.45) is 5.92 Å². The third-order valence-corrected chi connectivity index (χ3v) is 3.96. The second-order valence-electron chi connectivity index (χ2n) is 5.17. The highest BCUT2D eigenvalue weighted by Crippen LogP contribution is 2.13.